The van der Waals surface area contributed by atoms with Gasteiger partial charge in [0.25, 0.3) is 0 Å². The first-order valence-electron chi connectivity index (χ1n) is 24.4. The molecule has 9 aromatic rings. The predicted molar refractivity (Wildman–Crippen MR) is 290 cm³/mol. The Balaban J connectivity index is 1.08. The zero-order chi connectivity index (χ0) is 48.3. The van der Waals surface area contributed by atoms with Gasteiger partial charge in [-0.3, -0.25) is 4.57 Å². The summed E-state index contributed by atoms with van der Waals surface area (Å²) in [4.78, 5) is 9.96. The van der Waals surface area contributed by atoms with Crippen LogP contribution in [0.4, 0.5) is 11.4 Å². The van der Waals surface area contributed by atoms with Crippen molar-refractivity contribution in [1.29, 1.82) is 0 Å². The molecule has 0 atom stereocenters. The van der Waals surface area contributed by atoms with E-state index in [4.69, 9.17) is 9.72 Å². The Morgan fingerprint density at radius 2 is 1.12 bits per heavy atom. The maximum Gasteiger partial charge on any atom is 0.137 e. The molecule has 0 spiro atoms. The van der Waals surface area contributed by atoms with Crippen LogP contribution in [0, 0.1) is 5.41 Å². The number of benzene rings is 7. The van der Waals surface area contributed by atoms with Gasteiger partial charge in [-0.25, -0.2) is 4.98 Å². The first-order chi connectivity index (χ1) is 33.0. The monoisotopic (exact) mass is 905 g/mol. The summed E-state index contributed by atoms with van der Waals surface area (Å²) in [5.41, 5.74) is 13.5. The van der Waals surface area contributed by atoms with Gasteiger partial charge in [0, 0.05) is 68.6 Å². The summed E-state index contributed by atoms with van der Waals surface area (Å²) >= 11 is 0. The van der Waals surface area contributed by atoms with Crippen LogP contribution in [0.15, 0.2) is 200 Å². The number of ether oxygens (including phenoxy) is 1. The minimum Gasteiger partial charge on any atom is -0.457 e. The van der Waals surface area contributed by atoms with Crippen LogP contribution in [0.25, 0.3) is 38.8 Å². The van der Waals surface area contributed by atoms with Crippen LogP contribution in [0.5, 0.6) is 11.5 Å². The molecule has 1 aliphatic rings. The van der Waals surface area contributed by atoms with E-state index < -0.39 is 0 Å². The first kappa shape index (κ1) is 45.4. The average Bonchev–Trinajstić information content (AvgIpc) is 3.96. The lowest BCUT2D eigenvalue weighted by Gasteiger charge is -2.31. The van der Waals surface area contributed by atoms with Gasteiger partial charge in [0.05, 0.1) is 17.7 Å². The van der Waals surface area contributed by atoms with Crippen molar-refractivity contribution in [3.05, 3.63) is 228 Å². The highest BCUT2D eigenvalue weighted by Crippen LogP contribution is 2.46. The van der Waals surface area contributed by atoms with Gasteiger partial charge in [-0.1, -0.05) is 191 Å². The van der Waals surface area contributed by atoms with Crippen LogP contribution in [-0.2, 0) is 16.2 Å². The van der Waals surface area contributed by atoms with Crippen molar-refractivity contribution in [2.45, 2.75) is 85.5 Å². The Bertz CT molecular complexity index is 3350. The van der Waals surface area contributed by atoms with Crippen molar-refractivity contribution in [2.75, 3.05) is 16.5 Å². The SMILES string of the molecule is CC(C)(C)C1=CN(c2cc(-c3ccccc3)cc(C(C)(C)C)c2)CN1c1cccc(Oc2cc(C(C)(C)c3ccccc3)c3c4ccccc4n(-c4cc(C(C)(C)c5ccccc5)ccn4)c3c2)c1. The molecular weight excluding hydrogens is 841 g/mol. The number of aromatic nitrogens is 2. The molecule has 5 heteroatoms. The minimum absolute atomic E-state index is 0.0193. The number of hydrogen-bond acceptors (Lipinski definition) is 4. The van der Waals surface area contributed by atoms with Crippen LogP contribution in [-0.4, -0.2) is 16.2 Å². The van der Waals surface area contributed by atoms with E-state index in [1.807, 2.05) is 6.20 Å². The molecule has 346 valence electrons. The number of para-hydroxylation sites is 1. The summed E-state index contributed by atoms with van der Waals surface area (Å²) in [6.07, 6.45) is 4.30. The zero-order valence-corrected chi connectivity index (χ0v) is 41.9. The molecular formula is C64H64N4O. The maximum absolute atomic E-state index is 7.14. The van der Waals surface area contributed by atoms with E-state index in [0.717, 1.165) is 34.0 Å². The molecule has 10 rings (SSSR count). The third-order valence-electron chi connectivity index (χ3n) is 14.3. The average molecular weight is 905 g/mol. The van der Waals surface area contributed by atoms with E-state index in [2.05, 4.69) is 272 Å². The van der Waals surface area contributed by atoms with Gasteiger partial charge in [-0.15, -0.1) is 0 Å². The number of allylic oxidation sites excluding steroid dienone is 1. The van der Waals surface area contributed by atoms with E-state index in [9.17, 15) is 0 Å². The van der Waals surface area contributed by atoms with Crippen molar-refractivity contribution >= 4 is 33.2 Å². The molecule has 0 amide bonds. The van der Waals surface area contributed by atoms with Crippen LogP contribution in [0.3, 0.4) is 0 Å². The number of pyridine rings is 1. The Morgan fingerprint density at radius 1 is 0.464 bits per heavy atom. The molecule has 0 saturated carbocycles. The molecule has 0 aliphatic carbocycles. The van der Waals surface area contributed by atoms with Crippen molar-refractivity contribution < 1.29 is 4.74 Å². The Kier molecular flexibility index (Phi) is 11.4. The normalized spacial score (nSPS) is 13.6. The van der Waals surface area contributed by atoms with Crippen molar-refractivity contribution in [3.8, 4) is 28.4 Å². The standard InChI is InChI=1S/C64H64N4O/c1-61(2,3)49-35-45(44-23-14-11-15-24-44)36-51(37-49)66-42-58(62(4,5)6)67(43-66)50-29-22-30-52(39-50)69-53-40-55(64(9,10)47-27-18-13-19-28-47)60-54-31-20-21-32-56(54)68(57(60)41-53)59-38-48(33-34-65-59)63(7,8)46-25-16-12-17-26-46/h11-42H,43H2,1-10H3. The van der Waals surface area contributed by atoms with Gasteiger partial charge in [-0.2, -0.15) is 0 Å². The molecule has 0 bridgehead atoms. The van der Waals surface area contributed by atoms with Gasteiger partial charge < -0.3 is 14.5 Å². The van der Waals surface area contributed by atoms with Gasteiger partial charge in [0.1, 0.15) is 17.3 Å². The fourth-order valence-corrected chi connectivity index (χ4v) is 10.2. The van der Waals surface area contributed by atoms with E-state index in [1.165, 1.54) is 61.1 Å². The summed E-state index contributed by atoms with van der Waals surface area (Å²) in [7, 11) is 0. The van der Waals surface area contributed by atoms with Gasteiger partial charge >= 0.3 is 0 Å². The molecule has 2 aromatic heterocycles. The molecule has 0 N–H and O–H groups in total. The van der Waals surface area contributed by atoms with Gasteiger partial charge in [0.15, 0.2) is 0 Å². The molecule has 1 aliphatic heterocycles. The molecule has 0 unspecified atom stereocenters. The number of hydrogen-bond donors (Lipinski definition) is 0. The van der Waals surface area contributed by atoms with E-state index in [0.29, 0.717) is 6.67 Å². The van der Waals surface area contributed by atoms with E-state index in [1.54, 1.807) is 0 Å². The molecule has 0 radical (unpaired) electrons. The quantitative estimate of drug-likeness (QED) is 0.137. The maximum atomic E-state index is 7.14. The molecule has 0 saturated heterocycles. The molecule has 7 aromatic carbocycles. The largest absolute Gasteiger partial charge is 0.457 e. The molecule has 3 heterocycles. The third-order valence-corrected chi connectivity index (χ3v) is 14.3. The summed E-state index contributed by atoms with van der Waals surface area (Å²) in [6.45, 7) is 23.7. The number of anilines is 2. The van der Waals surface area contributed by atoms with Crippen LogP contribution in [0.1, 0.15) is 97.1 Å². The minimum atomic E-state index is -0.379. The fraction of sp³-hybridized carbons (Fsp3) is 0.234. The third kappa shape index (κ3) is 8.60. The Labute approximate surface area is 409 Å². The van der Waals surface area contributed by atoms with Crippen molar-refractivity contribution in [3.63, 3.8) is 0 Å². The summed E-state index contributed by atoms with van der Waals surface area (Å²) in [5, 5.41) is 2.37. The van der Waals surface area contributed by atoms with E-state index >= 15 is 0 Å². The molecule has 0 fully saturated rings. The topological polar surface area (TPSA) is 33.5 Å². The highest BCUT2D eigenvalue weighted by atomic mass is 16.5. The lowest BCUT2D eigenvalue weighted by molar-refractivity contribution is 0.479. The number of rotatable bonds is 10. The second kappa shape index (κ2) is 17.3. The lowest BCUT2D eigenvalue weighted by Crippen LogP contribution is -2.30. The summed E-state index contributed by atoms with van der Waals surface area (Å²) in [5.74, 6) is 2.41. The van der Waals surface area contributed by atoms with Crippen LogP contribution in [0.2, 0.25) is 0 Å². The number of fused-ring (bicyclic) bond motifs is 3. The van der Waals surface area contributed by atoms with Gasteiger partial charge in [-0.05, 0) is 92.9 Å². The second-order valence-electron chi connectivity index (χ2n) is 21.9. The Hall–Kier alpha value is -7.37. The highest BCUT2D eigenvalue weighted by Gasteiger charge is 2.33. The van der Waals surface area contributed by atoms with Crippen LogP contribution >= 0.6 is 0 Å². The summed E-state index contributed by atoms with van der Waals surface area (Å²) in [6, 6.07) is 65.6. The van der Waals surface area contributed by atoms with Crippen molar-refractivity contribution in [2.24, 2.45) is 5.41 Å². The fourth-order valence-electron chi connectivity index (χ4n) is 10.2. The molecule has 5 nitrogen and oxygen atoms in total. The first-order valence-corrected chi connectivity index (χ1v) is 24.4. The van der Waals surface area contributed by atoms with Crippen molar-refractivity contribution in [1.82, 2.24) is 9.55 Å². The van der Waals surface area contributed by atoms with Crippen LogP contribution < -0.4 is 14.5 Å². The Morgan fingerprint density at radius 3 is 1.80 bits per heavy atom. The van der Waals surface area contributed by atoms with Gasteiger partial charge in [0.2, 0.25) is 0 Å². The molecule has 69 heavy (non-hydrogen) atoms. The lowest BCUT2D eigenvalue weighted by atomic mass is 9.76. The zero-order valence-electron chi connectivity index (χ0n) is 41.9. The highest BCUT2D eigenvalue weighted by molar-refractivity contribution is 6.11. The predicted octanol–water partition coefficient (Wildman–Crippen LogP) is 16.8. The summed E-state index contributed by atoms with van der Waals surface area (Å²) < 4.78 is 9.47. The number of nitrogens with zero attached hydrogens (tertiary/aromatic N) is 4. The second-order valence-corrected chi connectivity index (χ2v) is 21.9. The van der Waals surface area contributed by atoms with E-state index in [-0.39, 0.29) is 21.7 Å². The smallest absolute Gasteiger partial charge is 0.137 e.